The number of para-hydroxylation sites is 2. The predicted molar refractivity (Wildman–Crippen MR) is 86.6 cm³/mol. The van der Waals surface area contributed by atoms with Gasteiger partial charge >= 0.3 is 0 Å². The second-order valence-corrected chi connectivity index (χ2v) is 7.58. The minimum atomic E-state index is -3.49. The van der Waals surface area contributed by atoms with Crippen LogP contribution in [0.4, 0.5) is 11.4 Å². The standard InChI is InChI=1S/C15H22N2O4S/c1-12-10-16(13(2)18)14-6-4-5-7-15(14)17(11-12)22(19,20)9-8-21-3/h4-7,12H,8-11H2,1-3H3. The summed E-state index contributed by atoms with van der Waals surface area (Å²) >= 11 is 0. The van der Waals surface area contributed by atoms with Gasteiger partial charge in [0.15, 0.2) is 0 Å². The van der Waals surface area contributed by atoms with Crippen molar-refractivity contribution in [1.82, 2.24) is 0 Å². The topological polar surface area (TPSA) is 66.9 Å². The first-order valence-corrected chi connectivity index (χ1v) is 8.84. The molecular weight excluding hydrogens is 304 g/mol. The maximum absolute atomic E-state index is 12.6. The molecule has 0 radical (unpaired) electrons. The normalized spacial score (nSPS) is 18.8. The van der Waals surface area contributed by atoms with Crippen LogP contribution in [0.2, 0.25) is 0 Å². The van der Waals surface area contributed by atoms with Gasteiger partial charge in [0.25, 0.3) is 0 Å². The highest BCUT2D eigenvalue weighted by atomic mass is 32.2. The lowest BCUT2D eigenvalue weighted by Crippen LogP contribution is -2.37. The summed E-state index contributed by atoms with van der Waals surface area (Å²) < 4.78 is 31.6. The lowest BCUT2D eigenvalue weighted by Gasteiger charge is -2.26. The molecule has 0 spiro atoms. The van der Waals surface area contributed by atoms with Crippen molar-refractivity contribution in [2.75, 3.05) is 41.8 Å². The summed E-state index contributed by atoms with van der Waals surface area (Å²) in [4.78, 5) is 13.6. The summed E-state index contributed by atoms with van der Waals surface area (Å²) in [5, 5.41) is 0. The van der Waals surface area contributed by atoms with E-state index in [1.807, 2.05) is 13.0 Å². The molecule has 0 bridgehead atoms. The van der Waals surface area contributed by atoms with Gasteiger partial charge in [0.05, 0.1) is 23.7 Å². The van der Waals surface area contributed by atoms with Gasteiger partial charge in [-0.05, 0) is 18.1 Å². The van der Waals surface area contributed by atoms with Crippen molar-refractivity contribution >= 4 is 27.3 Å². The average molecular weight is 326 g/mol. The average Bonchev–Trinajstić information content (AvgIpc) is 2.63. The number of rotatable bonds is 4. The Hall–Kier alpha value is -1.60. The fraction of sp³-hybridized carbons (Fsp3) is 0.533. The van der Waals surface area contributed by atoms with Crippen molar-refractivity contribution in [3.8, 4) is 0 Å². The first kappa shape index (κ1) is 16.8. The van der Waals surface area contributed by atoms with Gasteiger partial charge in [-0.15, -0.1) is 0 Å². The van der Waals surface area contributed by atoms with Crippen LogP contribution in [0.1, 0.15) is 13.8 Å². The molecule has 1 amide bonds. The number of ether oxygens (including phenoxy) is 1. The molecule has 0 fully saturated rings. The van der Waals surface area contributed by atoms with E-state index in [4.69, 9.17) is 4.74 Å². The van der Waals surface area contributed by atoms with Gasteiger partial charge in [0, 0.05) is 27.1 Å². The maximum atomic E-state index is 12.6. The minimum absolute atomic E-state index is 0.0358. The van der Waals surface area contributed by atoms with Gasteiger partial charge < -0.3 is 9.64 Å². The molecule has 2 rings (SSSR count). The highest BCUT2D eigenvalue weighted by Gasteiger charge is 2.32. The highest BCUT2D eigenvalue weighted by molar-refractivity contribution is 7.92. The molecule has 0 saturated carbocycles. The van der Waals surface area contributed by atoms with E-state index < -0.39 is 10.0 Å². The Morgan fingerprint density at radius 2 is 1.91 bits per heavy atom. The number of hydrogen-bond donors (Lipinski definition) is 0. The zero-order valence-corrected chi connectivity index (χ0v) is 14.0. The molecule has 1 aromatic rings. The van der Waals surface area contributed by atoms with Crippen LogP contribution in [-0.2, 0) is 19.6 Å². The Labute approximate surface area is 131 Å². The number of sulfonamides is 1. The number of carbonyl (C=O) groups is 1. The fourth-order valence-corrected chi connectivity index (χ4v) is 4.15. The van der Waals surface area contributed by atoms with Crippen LogP contribution in [0, 0.1) is 5.92 Å². The van der Waals surface area contributed by atoms with Crippen molar-refractivity contribution in [2.45, 2.75) is 13.8 Å². The van der Waals surface area contributed by atoms with Gasteiger partial charge in [-0.25, -0.2) is 8.42 Å². The SMILES string of the molecule is COCCS(=O)(=O)N1CC(C)CN(C(C)=O)c2ccccc21. The molecule has 0 saturated heterocycles. The predicted octanol–water partition coefficient (Wildman–Crippen LogP) is 1.47. The molecule has 7 heteroatoms. The van der Waals surface area contributed by atoms with Crippen LogP contribution in [0.25, 0.3) is 0 Å². The fourth-order valence-electron chi connectivity index (χ4n) is 2.61. The van der Waals surface area contributed by atoms with Crippen LogP contribution in [0.5, 0.6) is 0 Å². The second-order valence-electron chi connectivity index (χ2n) is 5.56. The Bertz CT molecular complexity index is 645. The molecule has 1 aliphatic heterocycles. The van der Waals surface area contributed by atoms with Crippen LogP contribution in [0.15, 0.2) is 24.3 Å². The third kappa shape index (κ3) is 3.41. The van der Waals surface area contributed by atoms with Gasteiger partial charge in [0.1, 0.15) is 0 Å². The van der Waals surface area contributed by atoms with Gasteiger partial charge in [-0.2, -0.15) is 0 Å². The Morgan fingerprint density at radius 3 is 2.50 bits per heavy atom. The Morgan fingerprint density at radius 1 is 1.27 bits per heavy atom. The minimum Gasteiger partial charge on any atom is -0.384 e. The van der Waals surface area contributed by atoms with Crippen molar-refractivity contribution < 1.29 is 17.9 Å². The van der Waals surface area contributed by atoms with Crippen molar-refractivity contribution in [3.63, 3.8) is 0 Å². The number of carbonyl (C=O) groups excluding carboxylic acids is 1. The van der Waals surface area contributed by atoms with Crippen molar-refractivity contribution in [2.24, 2.45) is 5.92 Å². The molecule has 1 atom stereocenters. The molecule has 1 heterocycles. The zero-order chi connectivity index (χ0) is 16.3. The lowest BCUT2D eigenvalue weighted by molar-refractivity contribution is -0.116. The highest BCUT2D eigenvalue weighted by Crippen LogP contribution is 2.35. The van der Waals surface area contributed by atoms with Crippen LogP contribution in [-0.4, -0.2) is 46.9 Å². The lowest BCUT2D eigenvalue weighted by atomic mass is 10.1. The molecule has 0 N–H and O–H groups in total. The maximum Gasteiger partial charge on any atom is 0.237 e. The van der Waals surface area contributed by atoms with E-state index in [9.17, 15) is 13.2 Å². The summed E-state index contributed by atoms with van der Waals surface area (Å²) in [7, 11) is -2.02. The number of benzene rings is 1. The van der Waals surface area contributed by atoms with Crippen LogP contribution in [0.3, 0.4) is 0 Å². The van der Waals surface area contributed by atoms with Gasteiger partial charge in [-0.3, -0.25) is 9.10 Å². The van der Waals surface area contributed by atoms with E-state index in [0.29, 0.717) is 24.5 Å². The number of methoxy groups -OCH3 is 1. The number of fused-ring (bicyclic) bond motifs is 1. The van der Waals surface area contributed by atoms with Crippen molar-refractivity contribution in [3.05, 3.63) is 24.3 Å². The van der Waals surface area contributed by atoms with Crippen molar-refractivity contribution in [1.29, 1.82) is 0 Å². The molecule has 0 aromatic heterocycles. The quantitative estimate of drug-likeness (QED) is 0.840. The van der Waals surface area contributed by atoms with E-state index in [1.165, 1.54) is 18.3 Å². The largest absolute Gasteiger partial charge is 0.384 e. The van der Waals surface area contributed by atoms with E-state index in [2.05, 4.69) is 0 Å². The molecule has 1 unspecified atom stereocenters. The molecule has 6 nitrogen and oxygen atoms in total. The van der Waals surface area contributed by atoms with E-state index in [1.54, 1.807) is 23.1 Å². The van der Waals surface area contributed by atoms with E-state index in [0.717, 1.165) is 0 Å². The summed E-state index contributed by atoms with van der Waals surface area (Å²) in [6.07, 6.45) is 0. The number of hydrogen-bond acceptors (Lipinski definition) is 4. The van der Waals surface area contributed by atoms with Gasteiger partial charge in [-0.1, -0.05) is 19.1 Å². The summed E-state index contributed by atoms with van der Waals surface area (Å²) in [5.74, 6) is -0.131. The summed E-state index contributed by atoms with van der Waals surface area (Å²) in [6.45, 7) is 4.44. The smallest absolute Gasteiger partial charge is 0.237 e. The first-order chi connectivity index (χ1) is 10.4. The molecule has 1 aliphatic rings. The molecule has 1 aromatic carbocycles. The first-order valence-electron chi connectivity index (χ1n) is 7.23. The summed E-state index contributed by atoms with van der Waals surface area (Å²) in [5.41, 5.74) is 1.19. The monoisotopic (exact) mass is 326 g/mol. The van der Waals surface area contributed by atoms with E-state index in [-0.39, 0.29) is 24.2 Å². The third-order valence-corrected chi connectivity index (χ3v) is 5.37. The molecular formula is C15H22N2O4S. The molecule has 0 aliphatic carbocycles. The molecule has 122 valence electrons. The van der Waals surface area contributed by atoms with Gasteiger partial charge in [0.2, 0.25) is 15.9 Å². The Kier molecular flexibility index (Phi) is 5.08. The second kappa shape index (κ2) is 6.66. The number of anilines is 2. The van der Waals surface area contributed by atoms with Crippen LogP contribution >= 0.6 is 0 Å². The number of nitrogens with zero attached hydrogens (tertiary/aromatic N) is 2. The number of amides is 1. The summed E-state index contributed by atoms with van der Waals surface area (Å²) in [6, 6.07) is 7.12. The Balaban J connectivity index is 2.50. The van der Waals surface area contributed by atoms with Crippen LogP contribution < -0.4 is 9.21 Å². The third-order valence-electron chi connectivity index (χ3n) is 3.67. The zero-order valence-electron chi connectivity index (χ0n) is 13.2. The molecule has 22 heavy (non-hydrogen) atoms. The van der Waals surface area contributed by atoms with E-state index >= 15 is 0 Å².